The monoisotopic (exact) mass is 251 g/mol. The van der Waals surface area contributed by atoms with E-state index in [-0.39, 0.29) is 0 Å². The normalized spacial score (nSPS) is 52.2. The fraction of sp³-hybridized carbons (Fsp3) is 1.00. The Kier molecular flexibility index (Phi) is 2.92. The fourth-order valence-corrected chi connectivity index (χ4v) is 6.61. The van der Waals surface area contributed by atoms with Crippen LogP contribution in [-0.2, 0) is 0 Å². The van der Waals surface area contributed by atoms with Crippen LogP contribution in [0.5, 0.6) is 0 Å². The van der Waals surface area contributed by atoms with Crippen molar-refractivity contribution in [2.24, 2.45) is 23.7 Å². The number of fused-ring (bicyclic) bond motifs is 5. The maximum atomic E-state index is 3.95. The van der Waals surface area contributed by atoms with Gasteiger partial charge in [-0.2, -0.15) is 11.8 Å². The number of hydrogen-bond acceptors (Lipinski definition) is 2. The molecule has 0 radical (unpaired) electrons. The van der Waals surface area contributed by atoms with Crippen molar-refractivity contribution in [2.45, 2.75) is 56.2 Å². The van der Waals surface area contributed by atoms with Crippen molar-refractivity contribution in [3.05, 3.63) is 0 Å². The van der Waals surface area contributed by atoms with Gasteiger partial charge in [0, 0.05) is 17.8 Å². The van der Waals surface area contributed by atoms with E-state index in [0.717, 1.165) is 35.0 Å². The van der Waals surface area contributed by atoms with Crippen LogP contribution in [0.3, 0.4) is 0 Å². The first kappa shape index (κ1) is 11.2. The van der Waals surface area contributed by atoms with Gasteiger partial charge in [0.25, 0.3) is 0 Å². The van der Waals surface area contributed by atoms with Gasteiger partial charge in [-0.3, -0.25) is 0 Å². The van der Waals surface area contributed by atoms with E-state index >= 15 is 0 Å². The summed E-state index contributed by atoms with van der Waals surface area (Å²) in [7, 11) is 0. The summed E-state index contributed by atoms with van der Waals surface area (Å²) in [6.07, 6.45) is 10.7. The third-order valence-corrected chi connectivity index (χ3v) is 7.46. The minimum absolute atomic E-state index is 0.903. The van der Waals surface area contributed by atoms with Gasteiger partial charge in [-0.05, 0) is 67.9 Å². The van der Waals surface area contributed by atoms with Crippen LogP contribution in [-0.4, -0.2) is 23.6 Å². The molecule has 1 N–H and O–H groups in total. The summed E-state index contributed by atoms with van der Waals surface area (Å²) >= 11 is 2.20. The van der Waals surface area contributed by atoms with Crippen LogP contribution in [0.25, 0.3) is 0 Å². The number of thioether (sulfide) groups is 1. The van der Waals surface area contributed by atoms with E-state index in [1.165, 1.54) is 38.0 Å². The lowest BCUT2D eigenvalue weighted by molar-refractivity contribution is 0.209. The molecule has 4 fully saturated rings. The highest BCUT2D eigenvalue weighted by Crippen LogP contribution is 2.58. The van der Waals surface area contributed by atoms with E-state index in [2.05, 4.69) is 17.1 Å². The van der Waals surface area contributed by atoms with Crippen molar-refractivity contribution in [1.29, 1.82) is 0 Å². The van der Waals surface area contributed by atoms with Crippen molar-refractivity contribution < 1.29 is 0 Å². The largest absolute Gasteiger partial charge is 0.313 e. The van der Waals surface area contributed by atoms with Crippen LogP contribution < -0.4 is 5.32 Å². The third-order valence-electron chi connectivity index (χ3n) is 6.06. The molecule has 1 saturated heterocycles. The molecule has 2 bridgehead atoms. The topological polar surface area (TPSA) is 12.0 Å². The highest BCUT2D eigenvalue weighted by Gasteiger charge is 2.53. The number of rotatable bonds is 3. The van der Waals surface area contributed by atoms with E-state index in [9.17, 15) is 0 Å². The molecule has 1 nitrogen and oxygen atoms in total. The highest BCUT2D eigenvalue weighted by atomic mass is 32.2. The molecule has 3 saturated carbocycles. The first-order chi connectivity index (χ1) is 8.42. The van der Waals surface area contributed by atoms with Gasteiger partial charge in [0.2, 0.25) is 0 Å². The molecule has 17 heavy (non-hydrogen) atoms. The van der Waals surface area contributed by atoms with Crippen LogP contribution in [0.15, 0.2) is 0 Å². The molecule has 6 atom stereocenters. The summed E-state index contributed by atoms with van der Waals surface area (Å²) in [6, 6.07) is 0.903. The second kappa shape index (κ2) is 4.45. The zero-order chi connectivity index (χ0) is 11.2. The van der Waals surface area contributed by atoms with Crippen LogP contribution in [0.2, 0.25) is 0 Å². The minimum Gasteiger partial charge on any atom is -0.313 e. The van der Waals surface area contributed by atoms with Crippen molar-refractivity contribution in [3.8, 4) is 0 Å². The van der Waals surface area contributed by atoms with Gasteiger partial charge in [-0.1, -0.05) is 6.42 Å². The number of hydrogen-bond donors (Lipinski definition) is 1. The van der Waals surface area contributed by atoms with Gasteiger partial charge >= 0.3 is 0 Å². The molecule has 1 aliphatic heterocycles. The van der Waals surface area contributed by atoms with E-state index in [0.29, 0.717) is 0 Å². The SMILES string of the molecule is C1CSC(CNC2CC3CC2C2CCCC32)C1. The molecule has 0 aromatic rings. The van der Waals surface area contributed by atoms with E-state index < -0.39 is 0 Å². The Balaban J connectivity index is 1.34. The lowest BCUT2D eigenvalue weighted by atomic mass is 9.79. The molecule has 1 heterocycles. The van der Waals surface area contributed by atoms with E-state index in [1.54, 1.807) is 19.3 Å². The number of nitrogens with one attached hydrogen (secondary N) is 1. The fourth-order valence-electron chi connectivity index (χ4n) is 5.39. The van der Waals surface area contributed by atoms with Crippen LogP contribution in [0, 0.1) is 23.7 Å². The maximum absolute atomic E-state index is 3.95. The quantitative estimate of drug-likeness (QED) is 0.826. The molecule has 4 rings (SSSR count). The van der Waals surface area contributed by atoms with Crippen LogP contribution >= 0.6 is 11.8 Å². The Morgan fingerprint density at radius 1 is 0.941 bits per heavy atom. The van der Waals surface area contributed by atoms with Gasteiger partial charge in [0.05, 0.1) is 0 Å². The lowest BCUT2D eigenvalue weighted by Crippen LogP contribution is -2.41. The minimum atomic E-state index is 0.903. The standard InChI is InChI=1S/C15H25NS/c1-4-12-10-7-14(13(12)5-1)15(8-10)16-9-11-3-2-6-17-11/h10-16H,1-9H2. The first-order valence-electron chi connectivity index (χ1n) is 7.77. The molecule has 0 spiro atoms. The van der Waals surface area contributed by atoms with Crippen molar-refractivity contribution >= 4 is 11.8 Å². The predicted molar refractivity (Wildman–Crippen MR) is 74.3 cm³/mol. The van der Waals surface area contributed by atoms with Crippen LogP contribution in [0.1, 0.15) is 44.9 Å². The zero-order valence-corrected chi connectivity index (χ0v) is 11.6. The van der Waals surface area contributed by atoms with Crippen molar-refractivity contribution in [2.75, 3.05) is 12.3 Å². The molecule has 0 amide bonds. The first-order valence-corrected chi connectivity index (χ1v) is 8.81. The van der Waals surface area contributed by atoms with E-state index in [4.69, 9.17) is 0 Å². The molecule has 2 heteroatoms. The maximum Gasteiger partial charge on any atom is 0.0172 e. The molecular formula is C15H25NS. The Hall–Kier alpha value is 0.310. The van der Waals surface area contributed by atoms with Crippen molar-refractivity contribution in [3.63, 3.8) is 0 Å². The van der Waals surface area contributed by atoms with Gasteiger partial charge in [-0.25, -0.2) is 0 Å². The molecule has 96 valence electrons. The summed E-state index contributed by atoms with van der Waals surface area (Å²) in [5.74, 6) is 5.87. The molecule has 0 aromatic heterocycles. The van der Waals surface area contributed by atoms with Gasteiger partial charge in [0.1, 0.15) is 0 Å². The van der Waals surface area contributed by atoms with Gasteiger partial charge in [-0.15, -0.1) is 0 Å². The van der Waals surface area contributed by atoms with Crippen molar-refractivity contribution in [1.82, 2.24) is 5.32 Å². The lowest BCUT2D eigenvalue weighted by Gasteiger charge is -2.32. The second-order valence-corrected chi connectivity index (χ2v) is 8.21. The third kappa shape index (κ3) is 1.87. The molecule has 3 aliphatic carbocycles. The molecule has 4 aliphatic rings. The summed E-state index contributed by atoms with van der Waals surface area (Å²) < 4.78 is 0. The Morgan fingerprint density at radius 3 is 2.76 bits per heavy atom. The zero-order valence-electron chi connectivity index (χ0n) is 10.7. The summed E-state index contributed by atoms with van der Waals surface area (Å²) in [6.45, 7) is 1.30. The smallest absolute Gasteiger partial charge is 0.0172 e. The van der Waals surface area contributed by atoms with E-state index in [1.807, 2.05) is 0 Å². The average molecular weight is 251 g/mol. The molecular weight excluding hydrogens is 226 g/mol. The Bertz CT molecular complexity index is 287. The summed E-state index contributed by atoms with van der Waals surface area (Å²) in [4.78, 5) is 0. The molecule has 0 aromatic carbocycles. The molecule has 6 unspecified atom stereocenters. The Labute approximate surface area is 109 Å². The highest BCUT2D eigenvalue weighted by molar-refractivity contribution is 8.00. The summed E-state index contributed by atoms with van der Waals surface area (Å²) in [5.41, 5.74) is 0. The average Bonchev–Trinajstić information content (AvgIpc) is 3.08. The van der Waals surface area contributed by atoms with Gasteiger partial charge in [0.15, 0.2) is 0 Å². The van der Waals surface area contributed by atoms with Gasteiger partial charge < -0.3 is 5.32 Å². The van der Waals surface area contributed by atoms with Crippen LogP contribution in [0.4, 0.5) is 0 Å². The Morgan fingerprint density at radius 2 is 1.88 bits per heavy atom. The summed E-state index contributed by atoms with van der Waals surface area (Å²) in [5, 5.41) is 4.89. The second-order valence-electron chi connectivity index (χ2n) is 6.80. The predicted octanol–water partition coefficient (Wildman–Crippen LogP) is 3.30.